The number of anilines is 2. The number of rotatable bonds is 6. The first-order chi connectivity index (χ1) is 7.93. The molecule has 0 aliphatic rings. The lowest BCUT2D eigenvalue weighted by Gasteiger charge is -2.25. The van der Waals surface area contributed by atoms with Crippen LogP contribution in [0, 0.1) is 0 Å². The van der Waals surface area contributed by atoms with Crippen LogP contribution in [-0.2, 0) is 4.79 Å². The van der Waals surface area contributed by atoms with Gasteiger partial charge in [0.2, 0.25) is 5.91 Å². The summed E-state index contributed by atoms with van der Waals surface area (Å²) in [4.78, 5) is 19.3. The Morgan fingerprint density at radius 2 is 2.06 bits per heavy atom. The largest absolute Gasteiger partial charge is 0.370 e. The van der Waals surface area contributed by atoms with Crippen LogP contribution in [0.2, 0.25) is 0 Å². The Balaban J connectivity index is 2.73. The fourth-order valence-corrected chi connectivity index (χ4v) is 1.52. The normalized spacial score (nSPS) is 11.0. The number of nitrogens with one attached hydrogen (secondary N) is 2. The topological polar surface area (TPSA) is 92.9 Å². The van der Waals surface area contributed by atoms with Gasteiger partial charge in [0.05, 0.1) is 12.4 Å². The number of carbonyl (C=O) groups excluding carboxylic acids is 1. The standard InChI is InChI=1S/C11H19N5O/c1-4-14-9-6-13-7-10(15-9)16-11(2,3)5-8(12)17/h6-7H,4-5H2,1-3H3,(H2,12,17)(H2,14,15,16). The Labute approximate surface area is 101 Å². The van der Waals surface area contributed by atoms with Crippen LogP contribution in [0.25, 0.3) is 0 Å². The molecule has 4 N–H and O–H groups in total. The summed E-state index contributed by atoms with van der Waals surface area (Å²) >= 11 is 0. The fourth-order valence-electron chi connectivity index (χ4n) is 1.52. The molecular formula is C11H19N5O. The molecule has 0 unspecified atom stereocenters. The van der Waals surface area contributed by atoms with Crippen molar-refractivity contribution >= 4 is 17.5 Å². The summed E-state index contributed by atoms with van der Waals surface area (Å²) < 4.78 is 0. The van der Waals surface area contributed by atoms with Crippen molar-refractivity contribution in [1.29, 1.82) is 0 Å². The first kappa shape index (κ1) is 13.2. The second-order valence-corrected chi connectivity index (χ2v) is 4.47. The van der Waals surface area contributed by atoms with Gasteiger partial charge in [-0.05, 0) is 20.8 Å². The number of hydrogen-bond acceptors (Lipinski definition) is 5. The number of hydrogen-bond donors (Lipinski definition) is 3. The van der Waals surface area contributed by atoms with Crippen molar-refractivity contribution in [2.24, 2.45) is 5.73 Å². The molecule has 0 saturated carbocycles. The van der Waals surface area contributed by atoms with E-state index in [1.807, 2.05) is 20.8 Å². The third-order valence-electron chi connectivity index (χ3n) is 2.08. The van der Waals surface area contributed by atoms with Crippen LogP contribution in [0.5, 0.6) is 0 Å². The molecule has 1 aromatic rings. The Kier molecular flexibility index (Phi) is 4.25. The molecule has 0 aliphatic carbocycles. The Hall–Kier alpha value is -1.85. The molecule has 1 aromatic heterocycles. The minimum Gasteiger partial charge on any atom is -0.370 e. The highest BCUT2D eigenvalue weighted by Gasteiger charge is 2.20. The van der Waals surface area contributed by atoms with Crippen LogP contribution in [0.1, 0.15) is 27.2 Å². The maximum absolute atomic E-state index is 10.9. The Morgan fingerprint density at radius 3 is 2.65 bits per heavy atom. The molecule has 0 aliphatic heterocycles. The van der Waals surface area contributed by atoms with Gasteiger partial charge in [0.15, 0.2) is 0 Å². The summed E-state index contributed by atoms with van der Waals surface area (Å²) in [6.45, 7) is 6.54. The average molecular weight is 237 g/mol. The highest BCUT2D eigenvalue weighted by Crippen LogP contribution is 2.16. The maximum atomic E-state index is 10.9. The van der Waals surface area contributed by atoms with Crippen LogP contribution in [0.4, 0.5) is 11.6 Å². The molecule has 17 heavy (non-hydrogen) atoms. The minimum absolute atomic E-state index is 0.236. The number of primary amides is 1. The van der Waals surface area contributed by atoms with Crippen LogP contribution in [-0.4, -0.2) is 28.0 Å². The molecule has 0 bridgehead atoms. The van der Waals surface area contributed by atoms with Gasteiger partial charge >= 0.3 is 0 Å². The van der Waals surface area contributed by atoms with Gasteiger partial charge in [-0.3, -0.25) is 9.78 Å². The molecule has 1 amide bonds. The number of aromatic nitrogens is 2. The van der Waals surface area contributed by atoms with E-state index in [2.05, 4.69) is 20.6 Å². The minimum atomic E-state index is -0.439. The van der Waals surface area contributed by atoms with E-state index in [1.165, 1.54) is 0 Å². The smallest absolute Gasteiger partial charge is 0.219 e. The van der Waals surface area contributed by atoms with Crippen molar-refractivity contribution in [3.8, 4) is 0 Å². The third kappa shape index (κ3) is 4.67. The number of amides is 1. The predicted molar refractivity (Wildman–Crippen MR) is 67.7 cm³/mol. The van der Waals surface area contributed by atoms with Crippen LogP contribution in [0.3, 0.4) is 0 Å². The van der Waals surface area contributed by atoms with Gasteiger partial charge in [-0.25, -0.2) is 4.98 Å². The first-order valence-corrected chi connectivity index (χ1v) is 5.55. The summed E-state index contributed by atoms with van der Waals surface area (Å²) in [7, 11) is 0. The van der Waals surface area contributed by atoms with E-state index in [4.69, 9.17) is 5.73 Å². The van der Waals surface area contributed by atoms with Crippen LogP contribution < -0.4 is 16.4 Å². The third-order valence-corrected chi connectivity index (χ3v) is 2.08. The molecule has 94 valence electrons. The van der Waals surface area contributed by atoms with E-state index >= 15 is 0 Å². The summed E-state index contributed by atoms with van der Waals surface area (Å²) in [5.74, 6) is 0.973. The number of carbonyl (C=O) groups is 1. The van der Waals surface area contributed by atoms with Crippen molar-refractivity contribution in [3.05, 3.63) is 12.4 Å². The summed E-state index contributed by atoms with van der Waals surface area (Å²) in [5.41, 5.74) is 4.74. The number of nitrogens with two attached hydrogens (primary N) is 1. The van der Waals surface area contributed by atoms with Gasteiger partial charge in [-0.1, -0.05) is 0 Å². The maximum Gasteiger partial charge on any atom is 0.219 e. The van der Waals surface area contributed by atoms with Gasteiger partial charge in [0.25, 0.3) is 0 Å². The van der Waals surface area contributed by atoms with Crippen molar-refractivity contribution < 1.29 is 4.79 Å². The predicted octanol–water partition coefficient (Wildman–Crippen LogP) is 0.974. The Morgan fingerprint density at radius 1 is 1.41 bits per heavy atom. The molecule has 6 heteroatoms. The highest BCUT2D eigenvalue weighted by molar-refractivity contribution is 5.75. The van der Waals surface area contributed by atoms with Gasteiger partial charge in [0, 0.05) is 18.5 Å². The molecule has 6 nitrogen and oxygen atoms in total. The summed E-state index contributed by atoms with van der Waals surface area (Å²) in [5, 5.41) is 6.20. The quantitative estimate of drug-likeness (QED) is 0.685. The van der Waals surface area contributed by atoms with Gasteiger partial charge in [0.1, 0.15) is 11.6 Å². The van der Waals surface area contributed by atoms with E-state index in [0.717, 1.165) is 6.54 Å². The van der Waals surface area contributed by atoms with Crippen molar-refractivity contribution in [2.75, 3.05) is 17.2 Å². The molecule has 0 fully saturated rings. The van der Waals surface area contributed by atoms with Crippen LogP contribution >= 0.6 is 0 Å². The molecule has 0 spiro atoms. The lowest BCUT2D eigenvalue weighted by Crippen LogP contribution is -2.36. The van der Waals surface area contributed by atoms with E-state index in [0.29, 0.717) is 11.6 Å². The average Bonchev–Trinajstić information content (AvgIpc) is 2.15. The van der Waals surface area contributed by atoms with Crippen molar-refractivity contribution in [2.45, 2.75) is 32.7 Å². The molecule has 0 aromatic carbocycles. The van der Waals surface area contributed by atoms with E-state index in [9.17, 15) is 4.79 Å². The van der Waals surface area contributed by atoms with Crippen molar-refractivity contribution in [3.63, 3.8) is 0 Å². The van der Waals surface area contributed by atoms with Gasteiger partial charge in [-0.15, -0.1) is 0 Å². The Bertz CT molecular complexity index is 391. The van der Waals surface area contributed by atoms with Gasteiger partial charge in [-0.2, -0.15) is 0 Å². The zero-order chi connectivity index (χ0) is 12.9. The van der Waals surface area contributed by atoms with E-state index < -0.39 is 5.54 Å². The lowest BCUT2D eigenvalue weighted by atomic mass is 10.0. The second kappa shape index (κ2) is 5.47. The molecule has 1 rings (SSSR count). The van der Waals surface area contributed by atoms with Crippen LogP contribution in [0.15, 0.2) is 12.4 Å². The monoisotopic (exact) mass is 237 g/mol. The van der Waals surface area contributed by atoms with E-state index in [1.54, 1.807) is 12.4 Å². The summed E-state index contributed by atoms with van der Waals surface area (Å²) in [6, 6.07) is 0. The number of nitrogens with zero attached hydrogens (tertiary/aromatic N) is 2. The molecule has 0 atom stereocenters. The highest BCUT2D eigenvalue weighted by atomic mass is 16.1. The molecular weight excluding hydrogens is 218 g/mol. The zero-order valence-electron chi connectivity index (χ0n) is 10.4. The van der Waals surface area contributed by atoms with Gasteiger partial charge < -0.3 is 16.4 Å². The molecule has 1 heterocycles. The molecule has 0 saturated heterocycles. The first-order valence-electron chi connectivity index (χ1n) is 5.55. The zero-order valence-corrected chi connectivity index (χ0v) is 10.4. The second-order valence-electron chi connectivity index (χ2n) is 4.47. The van der Waals surface area contributed by atoms with Crippen molar-refractivity contribution in [1.82, 2.24) is 9.97 Å². The fraction of sp³-hybridized carbons (Fsp3) is 0.545. The summed E-state index contributed by atoms with van der Waals surface area (Å²) in [6.07, 6.45) is 3.50. The van der Waals surface area contributed by atoms with E-state index in [-0.39, 0.29) is 12.3 Å². The SMILES string of the molecule is CCNc1cncc(NC(C)(C)CC(N)=O)n1. The lowest BCUT2D eigenvalue weighted by molar-refractivity contribution is -0.118. The molecule has 0 radical (unpaired) electrons.